The molecule has 0 unspecified atom stereocenters. The van der Waals surface area contributed by atoms with E-state index in [4.69, 9.17) is 0 Å². The molecule has 0 N–H and O–H groups in total. The Labute approximate surface area is 158 Å². The number of anilines is 1. The summed E-state index contributed by atoms with van der Waals surface area (Å²) in [6.45, 7) is 3.13. The van der Waals surface area contributed by atoms with Crippen LogP contribution in [0.15, 0.2) is 18.2 Å². The minimum atomic E-state index is -0.916. The lowest BCUT2D eigenvalue weighted by atomic mass is 9.77. The fourth-order valence-corrected chi connectivity index (χ4v) is 5.02. The third-order valence-corrected chi connectivity index (χ3v) is 6.58. The summed E-state index contributed by atoms with van der Waals surface area (Å²) < 4.78 is 27.2. The van der Waals surface area contributed by atoms with Crippen molar-refractivity contribution in [2.75, 3.05) is 11.4 Å². The number of hydrogen-bond donors (Lipinski definition) is 0. The maximum Gasteiger partial charge on any atom is 0.161 e. The Hall–Kier alpha value is -2.04. The summed E-state index contributed by atoms with van der Waals surface area (Å²) in [7, 11) is 0. The summed E-state index contributed by atoms with van der Waals surface area (Å²) in [4.78, 5) is 18.6. The lowest BCUT2D eigenvalue weighted by Crippen LogP contribution is -2.38. The van der Waals surface area contributed by atoms with E-state index in [2.05, 4.69) is 16.8 Å². The molecule has 1 aromatic heterocycles. The van der Waals surface area contributed by atoms with Gasteiger partial charge >= 0.3 is 0 Å². The number of aldehydes is 1. The standard InChI is InChI=1S/C22H26F2N2O/c1-2-14-5-7-15(8-6-14)21-4-3-9-26(21)22-17(13-27)10-16-11-18(23)19(24)12-20(16)25-22/h10-15,21H,2-9H2,1H3/t14?,15?,21-/m1/s1. The molecule has 1 saturated heterocycles. The number of pyridine rings is 1. The lowest BCUT2D eigenvalue weighted by Gasteiger charge is -2.37. The summed E-state index contributed by atoms with van der Waals surface area (Å²) in [5.74, 6) is 0.274. The van der Waals surface area contributed by atoms with E-state index in [9.17, 15) is 13.6 Å². The summed E-state index contributed by atoms with van der Waals surface area (Å²) >= 11 is 0. The first-order valence-corrected chi connectivity index (χ1v) is 10.1. The fraction of sp³-hybridized carbons (Fsp3) is 0.545. The number of carbonyl (C=O) groups excluding carboxylic acids is 1. The number of aromatic nitrogens is 1. The molecule has 5 heteroatoms. The molecular weight excluding hydrogens is 346 g/mol. The summed E-state index contributed by atoms with van der Waals surface area (Å²) in [5, 5.41) is 0.457. The van der Waals surface area contributed by atoms with Crippen molar-refractivity contribution in [2.24, 2.45) is 11.8 Å². The topological polar surface area (TPSA) is 33.2 Å². The fourth-order valence-electron chi connectivity index (χ4n) is 5.02. The Morgan fingerprint density at radius 1 is 1.11 bits per heavy atom. The molecule has 2 fully saturated rings. The maximum atomic E-state index is 13.7. The minimum Gasteiger partial charge on any atom is -0.353 e. The highest BCUT2D eigenvalue weighted by Gasteiger charge is 2.35. The number of nitrogens with zero attached hydrogens (tertiary/aromatic N) is 2. The van der Waals surface area contributed by atoms with E-state index >= 15 is 0 Å². The van der Waals surface area contributed by atoms with Crippen LogP contribution in [-0.4, -0.2) is 23.9 Å². The SMILES string of the molecule is CCC1CCC([C@H]2CCCN2c2nc3cc(F)c(F)cc3cc2C=O)CC1. The van der Waals surface area contributed by atoms with Gasteiger partial charge in [0.2, 0.25) is 0 Å². The predicted molar refractivity (Wildman–Crippen MR) is 103 cm³/mol. The van der Waals surface area contributed by atoms with Crippen molar-refractivity contribution < 1.29 is 13.6 Å². The highest BCUT2D eigenvalue weighted by atomic mass is 19.2. The number of carbonyl (C=O) groups is 1. The summed E-state index contributed by atoms with van der Waals surface area (Å²) in [6, 6.07) is 4.26. The number of hydrogen-bond acceptors (Lipinski definition) is 3. The van der Waals surface area contributed by atoms with E-state index in [1.54, 1.807) is 6.07 Å². The molecule has 1 aliphatic heterocycles. The molecule has 1 aliphatic carbocycles. The molecule has 0 bridgehead atoms. The van der Waals surface area contributed by atoms with E-state index in [1.165, 1.54) is 32.1 Å². The number of rotatable bonds is 4. The third kappa shape index (κ3) is 3.44. The first-order chi connectivity index (χ1) is 13.1. The van der Waals surface area contributed by atoms with E-state index in [0.717, 1.165) is 43.7 Å². The van der Waals surface area contributed by atoms with Crippen LogP contribution in [0, 0.1) is 23.5 Å². The molecule has 2 aliphatic rings. The normalized spacial score (nSPS) is 25.9. The Morgan fingerprint density at radius 2 is 1.85 bits per heavy atom. The second kappa shape index (κ2) is 7.53. The molecule has 0 radical (unpaired) electrons. The van der Waals surface area contributed by atoms with Crippen LogP contribution in [0.25, 0.3) is 10.9 Å². The molecule has 0 spiro atoms. The van der Waals surface area contributed by atoms with Gasteiger partial charge in [-0.1, -0.05) is 26.2 Å². The van der Waals surface area contributed by atoms with Gasteiger partial charge in [-0.05, 0) is 49.7 Å². The second-order valence-corrected chi connectivity index (χ2v) is 8.07. The zero-order chi connectivity index (χ0) is 19.0. The minimum absolute atomic E-state index is 0.386. The van der Waals surface area contributed by atoms with Gasteiger partial charge in [-0.3, -0.25) is 4.79 Å². The van der Waals surface area contributed by atoms with E-state index in [1.807, 2.05) is 0 Å². The van der Waals surface area contributed by atoms with Gasteiger partial charge in [0, 0.05) is 24.0 Å². The smallest absolute Gasteiger partial charge is 0.161 e. The molecular formula is C22H26F2N2O. The van der Waals surface area contributed by atoms with Crippen LogP contribution in [0.4, 0.5) is 14.6 Å². The molecule has 4 rings (SSSR count). The highest BCUT2D eigenvalue weighted by molar-refractivity contribution is 5.92. The van der Waals surface area contributed by atoms with Crippen LogP contribution in [0.1, 0.15) is 62.2 Å². The van der Waals surface area contributed by atoms with Crippen LogP contribution < -0.4 is 4.90 Å². The average Bonchev–Trinajstić information content (AvgIpc) is 3.17. The van der Waals surface area contributed by atoms with Crippen LogP contribution in [0.5, 0.6) is 0 Å². The molecule has 27 heavy (non-hydrogen) atoms. The van der Waals surface area contributed by atoms with Gasteiger partial charge in [-0.15, -0.1) is 0 Å². The molecule has 2 aromatic rings. The highest BCUT2D eigenvalue weighted by Crippen LogP contribution is 2.40. The van der Waals surface area contributed by atoms with Crippen molar-refractivity contribution in [1.82, 2.24) is 4.98 Å². The van der Waals surface area contributed by atoms with Gasteiger partial charge in [0.1, 0.15) is 5.82 Å². The van der Waals surface area contributed by atoms with Gasteiger partial charge in [0.05, 0.1) is 11.1 Å². The molecule has 1 saturated carbocycles. The van der Waals surface area contributed by atoms with Crippen molar-refractivity contribution in [3.8, 4) is 0 Å². The Bertz CT molecular complexity index is 846. The molecule has 2 heterocycles. The number of fused-ring (bicyclic) bond motifs is 1. The Morgan fingerprint density at radius 3 is 2.56 bits per heavy atom. The zero-order valence-electron chi connectivity index (χ0n) is 15.8. The van der Waals surface area contributed by atoms with Gasteiger partial charge in [0.25, 0.3) is 0 Å². The van der Waals surface area contributed by atoms with E-state index in [0.29, 0.717) is 34.2 Å². The Balaban J connectivity index is 1.67. The van der Waals surface area contributed by atoms with Crippen molar-refractivity contribution >= 4 is 23.0 Å². The monoisotopic (exact) mass is 372 g/mol. The summed E-state index contributed by atoms with van der Waals surface area (Å²) in [5.41, 5.74) is 0.859. The molecule has 144 valence electrons. The quantitative estimate of drug-likeness (QED) is 0.664. The number of benzene rings is 1. The third-order valence-electron chi connectivity index (χ3n) is 6.58. The van der Waals surface area contributed by atoms with E-state index < -0.39 is 11.6 Å². The van der Waals surface area contributed by atoms with Gasteiger partial charge in [-0.2, -0.15) is 0 Å². The lowest BCUT2D eigenvalue weighted by molar-refractivity contribution is 0.112. The Kier molecular flexibility index (Phi) is 5.11. The predicted octanol–water partition coefficient (Wildman–Crippen LogP) is 5.51. The largest absolute Gasteiger partial charge is 0.353 e. The molecule has 0 amide bonds. The van der Waals surface area contributed by atoms with Crippen LogP contribution in [0.3, 0.4) is 0 Å². The molecule has 1 atom stereocenters. The van der Waals surface area contributed by atoms with Crippen molar-refractivity contribution in [1.29, 1.82) is 0 Å². The first kappa shape index (κ1) is 18.3. The van der Waals surface area contributed by atoms with Gasteiger partial charge in [0.15, 0.2) is 17.9 Å². The van der Waals surface area contributed by atoms with Crippen LogP contribution in [-0.2, 0) is 0 Å². The second-order valence-electron chi connectivity index (χ2n) is 8.07. The van der Waals surface area contributed by atoms with Gasteiger partial charge < -0.3 is 4.90 Å². The zero-order valence-corrected chi connectivity index (χ0v) is 15.8. The molecule has 3 nitrogen and oxygen atoms in total. The number of halogens is 2. The maximum absolute atomic E-state index is 13.7. The molecule has 1 aromatic carbocycles. The van der Waals surface area contributed by atoms with Crippen LogP contribution in [0.2, 0.25) is 0 Å². The summed E-state index contributed by atoms with van der Waals surface area (Å²) in [6.07, 6.45) is 9.24. The van der Waals surface area contributed by atoms with Crippen molar-refractivity contribution in [2.45, 2.75) is 57.9 Å². The van der Waals surface area contributed by atoms with Crippen LogP contribution >= 0.6 is 0 Å². The van der Waals surface area contributed by atoms with Crippen molar-refractivity contribution in [3.63, 3.8) is 0 Å². The average molecular weight is 372 g/mol. The van der Waals surface area contributed by atoms with Crippen molar-refractivity contribution in [3.05, 3.63) is 35.4 Å². The first-order valence-electron chi connectivity index (χ1n) is 10.1. The van der Waals surface area contributed by atoms with E-state index in [-0.39, 0.29) is 0 Å². The van der Waals surface area contributed by atoms with Gasteiger partial charge in [-0.25, -0.2) is 13.8 Å².